The van der Waals surface area contributed by atoms with Crippen LogP contribution in [-0.2, 0) is 10.4 Å². The lowest BCUT2D eigenvalue weighted by Crippen LogP contribution is -2.18. The molecule has 0 aromatic carbocycles. The Hall–Kier alpha value is -1.61. The van der Waals surface area contributed by atoms with Crippen LogP contribution in [0, 0.1) is 0 Å². The Bertz CT molecular complexity index is 463. The fourth-order valence-corrected chi connectivity index (χ4v) is 0.958. The lowest BCUT2D eigenvalue weighted by atomic mass is 10.5. The maximum absolute atomic E-state index is 10.8. The number of nitrogens with two attached hydrogens (primary N) is 1. The number of aromatic nitrogens is 2. The fourth-order valence-electron chi connectivity index (χ4n) is 0.587. The highest BCUT2D eigenvalue weighted by atomic mass is 32.3. The number of nitrogen functional groups attached to an aromatic ring is 1. The summed E-state index contributed by atoms with van der Waals surface area (Å²) in [5.41, 5.74) is 4.20. The van der Waals surface area contributed by atoms with Crippen molar-refractivity contribution in [2.24, 2.45) is 0 Å². The smallest absolute Gasteiger partial charge is 0.380 e. The van der Waals surface area contributed by atoms with Gasteiger partial charge in [0.1, 0.15) is 0 Å². The van der Waals surface area contributed by atoms with Gasteiger partial charge in [-0.2, -0.15) is 8.42 Å². The molecule has 0 saturated carbocycles. The van der Waals surface area contributed by atoms with Gasteiger partial charge in [0.15, 0.2) is 5.82 Å². The van der Waals surface area contributed by atoms with Gasteiger partial charge in [-0.15, -0.1) is 0 Å². The average molecular weight is 207 g/mol. The zero-order valence-corrected chi connectivity index (χ0v) is 6.91. The third-order valence-electron chi connectivity index (χ3n) is 1.03. The van der Waals surface area contributed by atoms with Gasteiger partial charge < -0.3 is 14.9 Å². The third-order valence-corrected chi connectivity index (χ3v) is 1.40. The number of hydrogen-bond acceptors (Lipinski definition) is 6. The summed E-state index contributed by atoms with van der Waals surface area (Å²) in [6, 6.07) is 0. The Morgan fingerprint density at radius 2 is 2.23 bits per heavy atom. The van der Waals surface area contributed by atoms with Crippen molar-refractivity contribution in [1.82, 2.24) is 9.97 Å². The van der Waals surface area contributed by atoms with E-state index in [0.717, 1.165) is 6.33 Å². The van der Waals surface area contributed by atoms with Crippen molar-refractivity contribution in [3.05, 3.63) is 16.7 Å². The molecule has 1 aromatic heterocycles. The molecule has 1 rings (SSSR count). The molecule has 0 fully saturated rings. The van der Waals surface area contributed by atoms with Crippen molar-refractivity contribution in [2.75, 3.05) is 5.73 Å². The Morgan fingerprint density at radius 3 is 2.69 bits per heavy atom. The highest BCUT2D eigenvalue weighted by Crippen LogP contribution is 2.11. The van der Waals surface area contributed by atoms with Crippen molar-refractivity contribution in [1.29, 1.82) is 0 Å². The molecule has 0 aliphatic rings. The van der Waals surface area contributed by atoms with Gasteiger partial charge in [-0.3, -0.25) is 9.35 Å². The predicted octanol–water partition coefficient (Wildman–Crippen LogP) is -1.47. The molecular formula is C4H5N3O5S. The lowest BCUT2D eigenvalue weighted by molar-refractivity contribution is 0.384. The Kier molecular flexibility index (Phi) is 2.21. The second kappa shape index (κ2) is 3.03. The van der Waals surface area contributed by atoms with Crippen LogP contribution >= 0.6 is 0 Å². The van der Waals surface area contributed by atoms with Crippen LogP contribution in [0.2, 0.25) is 0 Å². The molecule has 13 heavy (non-hydrogen) atoms. The average Bonchev–Trinajstić information content (AvgIpc) is 1.95. The molecule has 8 nitrogen and oxygen atoms in total. The van der Waals surface area contributed by atoms with Crippen LogP contribution in [0.15, 0.2) is 11.1 Å². The minimum Gasteiger partial charge on any atom is -0.380 e. The first-order valence-electron chi connectivity index (χ1n) is 2.90. The second-order valence-corrected chi connectivity index (χ2v) is 2.98. The van der Waals surface area contributed by atoms with Gasteiger partial charge in [-0.1, -0.05) is 0 Å². The van der Waals surface area contributed by atoms with Crippen molar-refractivity contribution < 1.29 is 17.2 Å². The van der Waals surface area contributed by atoms with Crippen LogP contribution in [0.25, 0.3) is 0 Å². The highest BCUT2D eigenvalue weighted by molar-refractivity contribution is 7.81. The maximum Gasteiger partial charge on any atom is 0.446 e. The van der Waals surface area contributed by atoms with E-state index < -0.39 is 27.5 Å². The summed E-state index contributed by atoms with van der Waals surface area (Å²) < 4.78 is 32.5. The Balaban J connectivity index is 3.23. The predicted molar refractivity (Wildman–Crippen MR) is 41.4 cm³/mol. The molecule has 0 bridgehead atoms. The minimum absolute atomic E-state index is 0.429. The van der Waals surface area contributed by atoms with Crippen LogP contribution in [0.3, 0.4) is 0 Å². The first-order valence-corrected chi connectivity index (χ1v) is 4.27. The van der Waals surface area contributed by atoms with E-state index in [-0.39, 0.29) is 0 Å². The van der Waals surface area contributed by atoms with Gasteiger partial charge in [0.25, 0.3) is 11.3 Å². The lowest BCUT2D eigenvalue weighted by Gasteiger charge is -2.00. The monoisotopic (exact) mass is 207 g/mol. The summed E-state index contributed by atoms with van der Waals surface area (Å²) in [5, 5.41) is 0. The maximum atomic E-state index is 10.8. The molecular weight excluding hydrogens is 202 g/mol. The Labute approximate surface area is 72.3 Å². The molecule has 0 spiro atoms. The van der Waals surface area contributed by atoms with E-state index in [1.54, 1.807) is 0 Å². The SMILES string of the molecule is Nc1nc[nH]c(=O)c1OS(=O)(=O)O. The van der Waals surface area contributed by atoms with Gasteiger partial charge in [0, 0.05) is 0 Å². The van der Waals surface area contributed by atoms with Gasteiger partial charge in [0.2, 0.25) is 0 Å². The molecule has 1 heterocycles. The third kappa shape index (κ3) is 2.42. The first kappa shape index (κ1) is 9.48. The fraction of sp³-hybridized carbons (Fsp3) is 0. The number of rotatable bonds is 2. The second-order valence-electron chi connectivity index (χ2n) is 1.96. The highest BCUT2D eigenvalue weighted by Gasteiger charge is 2.14. The molecule has 0 amide bonds. The van der Waals surface area contributed by atoms with Crippen LogP contribution in [0.1, 0.15) is 0 Å². The standard InChI is InChI=1S/C4H5N3O5S/c5-3-2(12-13(9,10)11)4(8)7-1-6-3/h1H,(H,9,10,11)(H3,5,6,7,8). The number of anilines is 1. The summed E-state index contributed by atoms with van der Waals surface area (Å²) in [4.78, 5) is 16.2. The number of hydrogen-bond donors (Lipinski definition) is 3. The van der Waals surface area contributed by atoms with Gasteiger partial charge in [0.05, 0.1) is 6.33 Å². The van der Waals surface area contributed by atoms with Crippen molar-refractivity contribution in [3.8, 4) is 5.75 Å². The number of nitrogens with one attached hydrogen (secondary N) is 1. The largest absolute Gasteiger partial charge is 0.446 e. The summed E-state index contributed by atoms with van der Waals surface area (Å²) in [6.07, 6.45) is 0.967. The summed E-state index contributed by atoms with van der Waals surface area (Å²) in [5.74, 6) is -1.19. The molecule has 0 aliphatic heterocycles. The molecule has 1 aromatic rings. The van der Waals surface area contributed by atoms with Crippen LogP contribution < -0.4 is 15.5 Å². The molecule has 0 aliphatic carbocycles. The van der Waals surface area contributed by atoms with E-state index in [1.807, 2.05) is 4.98 Å². The van der Waals surface area contributed by atoms with E-state index in [0.29, 0.717) is 0 Å². The Morgan fingerprint density at radius 1 is 1.62 bits per heavy atom. The zero-order valence-electron chi connectivity index (χ0n) is 6.09. The van der Waals surface area contributed by atoms with Crippen LogP contribution in [0.4, 0.5) is 5.82 Å². The minimum atomic E-state index is -4.76. The van der Waals surface area contributed by atoms with Crippen molar-refractivity contribution >= 4 is 16.2 Å². The van der Waals surface area contributed by atoms with E-state index >= 15 is 0 Å². The molecule has 0 radical (unpaired) electrons. The van der Waals surface area contributed by atoms with Crippen molar-refractivity contribution in [3.63, 3.8) is 0 Å². The quantitative estimate of drug-likeness (QED) is 0.504. The van der Waals surface area contributed by atoms with E-state index in [9.17, 15) is 13.2 Å². The van der Waals surface area contributed by atoms with Gasteiger partial charge >= 0.3 is 10.4 Å². The zero-order chi connectivity index (χ0) is 10.1. The van der Waals surface area contributed by atoms with Gasteiger partial charge in [-0.05, 0) is 0 Å². The molecule has 0 unspecified atom stereocenters. The topological polar surface area (TPSA) is 135 Å². The molecule has 0 saturated heterocycles. The van der Waals surface area contributed by atoms with E-state index in [1.165, 1.54) is 0 Å². The van der Waals surface area contributed by atoms with Crippen LogP contribution in [0.5, 0.6) is 5.75 Å². The summed E-state index contributed by atoms with van der Waals surface area (Å²) in [6.45, 7) is 0. The first-order chi connectivity index (χ1) is 5.90. The summed E-state index contributed by atoms with van der Waals surface area (Å²) in [7, 11) is -4.76. The number of aromatic amines is 1. The van der Waals surface area contributed by atoms with Crippen molar-refractivity contribution in [2.45, 2.75) is 0 Å². The van der Waals surface area contributed by atoms with E-state index in [4.69, 9.17) is 10.3 Å². The number of H-pyrrole nitrogens is 1. The van der Waals surface area contributed by atoms with Crippen LogP contribution in [-0.4, -0.2) is 22.9 Å². The normalized spacial score (nSPS) is 11.2. The molecule has 0 atom stereocenters. The van der Waals surface area contributed by atoms with Gasteiger partial charge in [-0.25, -0.2) is 4.98 Å². The number of nitrogens with zero attached hydrogens (tertiary/aromatic N) is 1. The summed E-state index contributed by atoms with van der Waals surface area (Å²) >= 11 is 0. The molecule has 72 valence electrons. The molecule has 4 N–H and O–H groups in total. The van der Waals surface area contributed by atoms with E-state index in [2.05, 4.69) is 9.17 Å². The molecule has 9 heteroatoms.